The number of piperidine rings is 1. The van der Waals surface area contributed by atoms with Gasteiger partial charge in [0.2, 0.25) is 5.91 Å². The second-order valence-electron chi connectivity index (χ2n) is 5.38. The fourth-order valence-corrected chi connectivity index (χ4v) is 2.51. The number of nitrogens with zero attached hydrogens (tertiary/aromatic N) is 1. The van der Waals surface area contributed by atoms with Crippen molar-refractivity contribution in [2.45, 2.75) is 45.2 Å². The number of carbonyl (C=O) groups is 2. The SMILES string of the molecule is COC(=O)C(CNCC(C)N1CCCCC1)NC(C)=O. The topological polar surface area (TPSA) is 70.7 Å². The Morgan fingerprint density at radius 3 is 2.40 bits per heavy atom. The highest BCUT2D eigenvalue weighted by atomic mass is 16.5. The zero-order valence-corrected chi connectivity index (χ0v) is 12.8. The second-order valence-corrected chi connectivity index (χ2v) is 5.38. The van der Waals surface area contributed by atoms with Crippen LogP contribution in [0.1, 0.15) is 33.1 Å². The summed E-state index contributed by atoms with van der Waals surface area (Å²) in [6.07, 6.45) is 3.85. The number of esters is 1. The molecule has 2 atom stereocenters. The lowest BCUT2D eigenvalue weighted by atomic mass is 10.1. The molecule has 2 unspecified atom stereocenters. The van der Waals surface area contributed by atoms with Crippen molar-refractivity contribution in [3.63, 3.8) is 0 Å². The molecule has 0 saturated carbocycles. The van der Waals surface area contributed by atoms with Crippen molar-refractivity contribution in [2.24, 2.45) is 0 Å². The molecule has 1 heterocycles. The minimum absolute atomic E-state index is 0.230. The molecule has 1 amide bonds. The number of nitrogens with one attached hydrogen (secondary N) is 2. The summed E-state index contributed by atoms with van der Waals surface area (Å²) in [5.74, 6) is -0.649. The predicted octanol–water partition coefficient (Wildman–Crippen LogP) is 0.128. The molecule has 6 heteroatoms. The van der Waals surface area contributed by atoms with Crippen LogP contribution in [0.15, 0.2) is 0 Å². The number of methoxy groups -OCH3 is 1. The van der Waals surface area contributed by atoms with E-state index in [0.717, 1.165) is 19.6 Å². The molecule has 0 bridgehead atoms. The maximum Gasteiger partial charge on any atom is 0.329 e. The van der Waals surface area contributed by atoms with Crippen LogP contribution in [0.25, 0.3) is 0 Å². The summed E-state index contributed by atoms with van der Waals surface area (Å²) in [4.78, 5) is 25.1. The zero-order valence-electron chi connectivity index (χ0n) is 12.8. The minimum Gasteiger partial charge on any atom is -0.467 e. The fraction of sp³-hybridized carbons (Fsp3) is 0.857. The summed E-state index contributed by atoms with van der Waals surface area (Å²) < 4.78 is 4.68. The first-order chi connectivity index (χ1) is 9.54. The lowest BCUT2D eigenvalue weighted by Crippen LogP contribution is -2.50. The van der Waals surface area contributed by atoms with Crippen molar-refractivity contribution in [3.8, 4) is 0 Å². The molecule has 0 aromatic heterocycles. The first kappa shape index (κ1) is 16.9. The van der Waals surface area contributed by atoms with Gasteiger partial charge < -0.3 is 15.4 Å². The van der Waals surface area contributed by atoms with Crippen molar-refractivity contribution >= 4 is 11.9 Å². The molecule has 20 heavy (non-hydrogen) atoms. The van der Waals surface area contributed by atoms with E-state index in [0.29, 0.717) is 12.6 Å². The molecule has 1 aliphatic rings. The molecule has 1 saturated heterocycles. The molecule has 0 aromatic rings. The molecule has 1 aliphatic heterocycles. The van der Waals surface area contributed by atoms with Gasteiger partial charge in [-0.2, -0.15) is 0 Å². The van der Waals surface area contributed by atoms with Gasteiger partial charge in [-0.05, 0) is 32.9 Å². The summed E-state index contributed by atoms with van der Waals surface area (Å²) in [6.45, 7) is 7.07. The summed E-state index contributed by atoms with van der Waals surface area (Å²) in [5.41, 5.74) is 0. The van der Waals surface area contributed by atoms with E-state index in [1.807, 2.05) is 0 Å². The van der Waals surface area contributed by atoms with Crippen molar-refractivity contribution in [2.75, 3.05) is 33.3 Å². The number of carbonyl (C=O) groups excluding carboxylic acids is 2. The van der Waals surface area contributed by atoms with Crippen LogP contribution < -0.4 is 10.6 Å². The van der Waals surface area contributed by atoms with Crippen molar-refractivity contribution in [1.82, 2.24) is 15.5 Å². The Kier molecular flexibility index (Phi) is 7.54. The lowest BCUT2D eigenvalue weighted by molar-refractivity contribution is -0.144. The van der Waals surface area contributed by atoms with Crippen LogP contribution in [0.2, 0.25) is 0 Å². The van der Waals surface area contributed by atoms with E-state index >= 15 is 0 Å². The number of hydrogen-bond donors (Lipinski definition) is 2. The van der Waals surface area contributed by atoms with Gasteiger partial charge >= 0.3 is 5.97 Å². The van der Waals surface area contributed by atoms with Gasteiger partial charge in [-0.25, -0.2) is 4.79 Å². The molecule has 2 N–H and O–H groups in total. The van der Waals surface area contributed by atoms with Crippen LogP contribution >= 0.6 is 0 Å². The number of hydrogen-bond acceptors (Lipinski definition) is 5. The van der Waals surface area contributed by atoms with E-state index in [2.05, 4.69) is 27.2 Å². The Balaban J connectivity index is 2.31. The highest BCUT2D eigenvalue weighted by molar-refractivity contribution is 5.83. The quantitative estimate of drug-likeness (QED) is 0.651. The first-order valence-corrected chi connectivity index (χ1v) is 7.34. The number of rotatable bonds is 7. The Hall–Kier alpha value is -1.14. The third-order valence-corrected chi connectivity index (χ3v) is 3.67. The Bertz CT molecular complexity index is 317. The molecule has 0 aromatic carbocycles. The Labute approximate surface area is 121 Å². The highest BCUT2D eigenvalue weighted by Crippen LogP contribution is 2.11. The second kappa shape index (κ2) is 8.92. The maximum absolute atomic E-state index is 11.5. The van der Waals surface area contributed by atoms with Gasteiger partial charge in [-0.1, -0.05) is 6.42 Å². The van der Waals surface area contributed by atoms with Gasteiger partial charge in [0.05, 0.1) is 7.11 Å². The maximum atomic E-state index is 11.5. The average molecular weight is 285 g/mol. The number of amides is 1. The van der Waals surface area contributed by atoms with Gasteiger partial charge in [0.15, 0.2) is 0 Å². The van der Waals surface area contributed by atoms with Gasteiger partial charge in [0.25, 0.3) is 0 Å². The minimum atomic E-state index is -0.619. The van der Waals surface area contributed by atoms with Gasteiger partial charge in [0.1, 0.15) is 6.04 Å². The van der Waals surface area contributed by atoms with E-state index in [1.165, 1.54) is 33.3 Å². The van der Waals surface area contributed by atoms with Gasteiger partial charge in [-0.3, -0.25) is 9.69 Å². The molecular formula is C14H27N3O3. The summed E-state index contributed by atoms with van der Waals surface area (Å²) in [5, 5.41) is 5.84. The molecule has 0 aliphatic carbocycles. The zero-order chi connectivity index (χ0) is 15.0. The van der Waals surface area contributed by atoms with E-state index in [-0.39, 0.29) is 5.91 Å². The summed E-state index contributed by atoms with van der Waals surface area (Å²) in [6, 6.07) is -0.183. The predicted molar refractivity (Wildman–Crippen MR) is 77.4 cm³/mol. The Morgan fingerprint density at radius 1 is 1.20 bits per heavy atom. The molecule has 1 fully saturated rings. The molecule has 0 radical (unpaired) electrons. The van der Waals surface area contributed by atoms with Gasteiger partial charge in [-0.15, -0.1) is 0 Å². The third kappa shape index (κ3) is 5.88. The first-order valence-electron chi connectivity index (χ1n) is 7.34. The van der Waals surface area contributed by atoms with Crippen LogP contribution in [0.5, 0.6) is 0 Å². The largest absolute Gasteiger partial charge is 0.467 e. The molecule has 0 spiro atoms. The van der Waals surface area contributed by atoms with E-state index in [4.69, 9.17) is 0 Å². The highest BCUT2D eigenvalue weighted by Gasteiger charge is 2.21. The van der Waals surface area contributed by atoms with Crippen molar-refractivity contribution in [1.29, 1.82) is 0 Å². The normalized spacial score (nSPS) is 19.1. The van der Waals surface area contributed by atoms with E-state index in [1.54, 1.807) is 0 Å². The van der Waals surface area contributed by atoms with Crippen LogP contribution in [0.3, 0.4) is 0 Å². The van der Waals surface area contributed by atoms with E-state index < -0.39 is 12.0 Å². The lowest BCUT2D eigenvalue weighted by Gasteiger charge is -2.32. The Morgan fingerprint density at radius 2 is 1.85 bits per heavy atom. The fourth-order valence-electron chi connectivity index (χ4n) is 2.51. The molecular weight excluding hydrogens is 258 g/mol. The van der Waals surface area contributed by atoms with E-state index in [9.17, 15) is 9.59 Å². The molecule has 6 nitrogen and oxygen atoms in total. The summed E-state index contributed by atoms with van der Waals surface area (Å²) >= 11 is 0. The van der Waals surface area contributed by atoms with Gasteiger partial charge in [0, 0.05) is 26.1 Å². The monoisotopic (exact) mass is 285 g/mol. The van der Waals surface area contributed by atoms with Crippen LogP contribution in [-0.4, -0.2) is 62.1 Å². The third-order valence-electron chi connectivity index (χ3n) is 3.67. The van der Waals surface area contributed by atoms with Crippen molar-refractivity contribution in [3.05, 3.63) is 0 Å². The van der Waals surface area contributed by atoms with Crippen molar-refractivity contribution < 1.29 is 14.3 Å². The number of likely N-dealkylation sites (tertiary alicyclic amines) is 1. The van der Waals surface area contributed by atoms with Crippen LogP contribution in [0.4, 0.5) is 0 Å². The van der Waals surface area contributed by atoms with Crippen LogP contribution in [0, 0.1) is 0 Å². The molecule has 1 rings (SSSR count). The number of ether oxygens (including phenoxy) is 1. The standard InChI is InChI=1S/C14H27N3O3/c1-11(17-7-5-4-6-8-17)9-15-10-13(14(19)20-3)16-12(2)18/h11,13,15H,4-10H2,1-3H3,(H,16,18). The van der Waals surface area contributed by atoms with Crippen LogP contribution in [-0.2, 0) is 14.3 Å². The average Bonchev–Trinajstić information content (AvgIpc) is 2.45. The molecule has 116 valence electrons. The summed E-state index contributed by atoms with van der Waals surface area (Å²) in [7, 11) is 1.33. The smallest absolute Gasteiger partial charge is 0.329 e.